The van der Waals surface area contributed by atoms with E-state index in [-0.39, 0.29) is 90.0 Å². The SMILES string of the molecule is C=C1C[C@@H](OC(=O)c2ccccc2)CC[C@@]23CC4O[C@H]5[C@@H](O2)[C@H]2O[C@H](CCC2O[C@H]5[C@H]4O3)CC(=O)CC2[C@@H](OC)C(CC(CO[Si](C)(C)C(C)(C)C)O[Si](C)(C)C(C)(C)C)O[C@H]2CC2O[C@@H](CCC1OS(C)(=O)=O)CC(C)C2=C. The van der Waals surface area contributed by atoms with E-state index in [2.05, 4.69) is 87.8 Å². The van der Waals surface area contributed by atoms with Crippen LogP contribution in [-0.2, 0) is 70.6 Å². The van der Waals surface area contributed by atoms with Crippen molar-refractivity contribution in [1.82, 2.24) is 0 Å². The predicted octanol–water partition coefficient (Wildman–Crippen LogP) is 10.3. The lowest BCUT2D eigenvalue weighted by molar-refractivity contribution is -0.292. The van der Waals surface area contributed by atoms with Gasteiger partial charge < -0.3 is 51.5 Å². The summed E-state index contributed by atoms with van der Waals surface area (Å²) in [5, 5.41) is -0.0604. The Morgan fingerprint density at radius 2 is 1.44 bits per heavy atom. The van der Waals surface area contributed by atoms with E-state index < -0.39 is 99.5 Å². The standard InChI is InChI=1S/C60H94O16SSi2/c1-35-27-40-21-23-45(75-77(11,63)64)36(2)28-42(69-57(62)38-19-17-16-18-20-38)25-26-60-33-50-53(73-60)54-55(72-50)56(74-60)52-46(71-54)24-22-41(68-52)29-39(61)30-44-48(32-47(67-40)37(35)3)70-49(51(44)65-10)31-43(76-79(14,15)59(7,8)9)34-66-78(12,13)58(4,5)6/h16-20,35,40-56H,2-3,21-34H2,1,4-15H3/t35?,40-,41+,42-,43?,44?,45?,46?,47?,48-,49?,50?,51+,52-,53-,54-,55+,56-,60-/m0/s1. The lowest BCUT2D eigenvalue weighted by atomic mass is 9.81. The van der Waals surface area contributed by atoms with Crippen LogP contribution >= 0.6 is 0 Å². The maximum atomic E-state index is 14.9. The van der Waals surface area contributed by atoms with E-state index in [1.807, 2.05) is 6.07 Å². The highest BCUT2D eigenvalue weighted by Gasteiger charge is 2.69. The third-order valence-electron chi connectivity index (χ3n) is 19.6. The van der Waals surface area contributed by atoms with Crippen molar-refractivity contribution in [3.8, 4) is 0 Å². The van der Waals surface area contributed by atoms with E-state index in [0.717, 1.165) is 11.8 Å². The first-order valence-corrected chi connectivity index (χ1v) is 37.0. The fraction of sp³-hybridized carbons (Fsp3) is 0.800. The quantitative estimate of drug-likeness (QED) is 0.0834. The second kappa shape index (κ2) is 23.7. The summed E-state index contributed by atoms with van der Waals surface area (Å²) in [4.78, 5) is 28.7. The first-order valence-electron chi connectivity index (χ1n) is 29.4. The fourth-order valence-electron chi connectivity index (χ4n) is 13.1. The molecule has 8 unspecified atom stereocenters. The highest BCUT2D eigenvalue weighted by molar-refractivity contribution is 7.86. The largest absolute Gasteiger partial charge is 0.458 e. The van der Waals surface area contributed by atoms with Crippen LogP contribution in [0.3, 0.4) is 0 Å². The Balaban J connectivity index is 1.03. The fourth-order valence-corrected chi connectivity index (χ4v) is 16.2. The molecule has 10 rings (SSSR count). The Labute approximate surface area is 473 Å². The van der Waals surface area contributed by atoms with E-state index in [1.165, 1.54) is 0 Å². The molecular weight excluding hydrogens is 1060 g/mol. The van der Waals surface area contributed by atoms with Crippen molar-refractivity contribution in [2.75, 3.05) is 20.0 Å². The van der Waals surface area contributed by atoms with Crippen LogP contribution in [0.25, 0.3) is 0 Å². The van der Waals surface area contributed by atoms with Gasteiger partial charge in [0, 0.05) is 58.0 Å². The number of hydrogen-bond donors (Lipinski definition) is 0. The Morgan fingerprint density at radius 3 is 2.13 bits per heavy atom. The molecule has 0 radical (unpaired) electrons. The van der Waals surface area contributed by atoms with Crippen LogP contribution in [0.2, 0.25) is 36.3 Å². The number of rotatable bonds is 12. The van der Waals surface area contributed by atoms with Crippen molar-refractivity contribution in [3.05, 3.63) is 60.2 Å². The maximum absolute atomic E-state index is 14.9. The van der Waals surface area contributed by atoms with Gasteiger partial charge in [-0.1, -0.05) is 79.8 Å². The van der Waals surface area contributed by atoms with Crippen LogP contribution in [0.1, 0.15) is 142 Å². The van der Waals surface area contributed by atoms with Crippen LogP contribution < -0.4 is 0 Å². The summed E-state index contributed by atoms with van der Waals surface area (Å²) >= 11 is 0. The number of ether oxygens (including phenoxy) is 9. The van der Waals surface area contributed by atoms with Gasteiger partial charge in [0.25, 0.3) is 10.1 Å². The average Bonchev–Trinajstić information content (AvgIpc) is 3.97. The zero-order valence-corrected chi connectivity index (χ0v) is 52.3. The number of fused-ring (bicyclic) bond motifs is 4. The molecule has 19 heteroatoms. The smallest absolute Gasteiger partial charge is 0.338 e. The lowest BCUT2D eigenvalue weighted by Gasteiger charge is -2.47. The highest BCUT2D eigenvalue weighted by Crippen LogP contribution is 2.54. The van der Waals surface area contributed by atoms with Crippen molar-refractivity contribution in [1.29, 1.82) is 0 Å². The van der Waals surface area contributed by atoms with E-state index in [9.17, 15) is 18.0 Å². The maximum Gasteiger partial charge on any atom is 0.338 e. The molecule has 9 fully saturated rings. The number of methoxy groups -OCH3 is 1. The molecule has 0 aliphatic carbocycles. The molecule has 1 spiro atoms. The summed E-state index contributed by atoms with van der Waals surface area (Å²) in [6.45, 7) is 34.1. The minimum Gasteiger partial charge on any atom is -0.458 e. The monoisotopic (exact) mass is 1160 g/mol. The molecule has 79 heavy (non-hydrogen) atoms. The van der Waals surface area contributed by atoms with E-state index >= 15 is 0 Å². The van der Waals surface area contributed by atoms with Gasteiger partial charge in [-0.2, -0.15) is 8.42 Å². The normalized spacial score (nSPS) is 39.2. The lowest BCUT2D eigenvalue weighted by Crippen LogP contribution is -2.61. The van der Waals surface area contributed by atoms with Gasteiger partial charge in [0.15, 0.2) is 22.4 Å². The molecule has 16 nitrogen and oxygen atoms in total. The van der Waals surface area contributed by atoms with Crippen LogP contribution in [-0.4, -0.2) is 160 Å². The van der Waals surface area contributed by atoms with Crippen molar-refractivity contribution in [2.45, 2.75) is 272 Å². The summed E-state index contributed by atoms with van der Waals surface area (Å²) in [7, 11) is -6.76. The van der Waals surface area contributed by atoms with Crippen LogP contribution in [0.4, 0.5) is 0 Å². The molecule has 10 bridgehead atoms. The number of Topliss-reactive ketones (excluding diaryl/α,β-unsaturated/α-hetero) is 1. The van der Waals surface area contributed by atoms with Gasteiger partial charge in [0.2, 0.25) is 0 Å². The first kappa shape index (κ1) is 61.3. The number of esters is 1. The molecule has 9 saturated heterocycles. The number of hydrogen-bond acceptors (Lipinski definition) is 16. The number of benzene rings is 1. The molecule has 0 aromatic heterocycles. The van der Waals surface area contributed by atoms with Crippen molar-refractivity contribution < 1.29 is 73.7 Å². The third-order valence-corrected chi connectivity index (χ3v) is 29.2. The second-order valence-electron chi connectivity index (χ2n) is 27.5. The molecule has 9 aliphatic heterocycles. The Kier molecular flexibility index (Phi) is 18.4. The van der Waals surface area contributed by atoms with Gasteiger partial charge in [0.05, 0.1) is 79.5 Å². The molecule has 0 saturated carbocycles. The van der Waals surface area contributed by atoms with Gasteiger partial charge in [-0.3, -0.25) is 8.98 Å². The second-order valence-corrected chi connectivity index (χ2v) is 38.7. The molecule has 9 aliphatic rings. The Morgan fingerprint density at radius 1 is 0.772 bits per heavy atom. The van der Waals surface area contributed by atoms with Gasteiger partial charge in [-0.25, -0.2) is 4.79 Å². The predicted molar refractivity (Wildman–Crippen MR) is 303 cm³/mol. The molecule has 444 valence electrons. The average molecular weight is 1160 g/mol. The molecule has 9 heterocycles. The van der Waals surface area contributed by atoms with Crippen molar-refractivity contribution in [3.63, 3.8) is 0 Å². The van der Waals surface area contributed by atoms with Gasteiger partial charge in [-0.15, -0.1) is 0 Å². The van der Waals surface area contributed by atoms with Crippen LogP contribution in [0.5, 0.6) is 0 Å². The van der Waals surface area contributed by atoms with Crippen molar-refractivity contribution >= 4 is 38.5 Å². The van der Waals surface area contributed by atoms with Gasteiger partial charge >= 0.3 is 5.97 Å². The van der Waals surface area contributed by atoms with Crippen LogP contribution in [0.15, 0.2) is 54.6 Å². The third kappa shape index (κ3) is 13.8. The Bertz CT molecular complexity index is 2460. The molecule has 0 N–H and O–H groups in total. The minimum atomic E-state index is -3.97. The van der Waals surface area contributed by atoms with Crippen molar-refractivity contribution in [2.24, 2.45) is 11.8 Å². The van der Waals surface area contributed by atoms with Gasteiger partial charge in [-0.05, 0) is 104 Å². The number of ketones is 1. The zero-order valence-electron chi connectivity index (χ0n) is 49.5. The summed E-state index contributed by atoms with van der Waals surface area (Å²) in [5.41, 5.74) is 1.79. The molecule has 0 amide bonds. The Hall–Kier alpha value is -2.22. The number of carbonyl (C=O) groups excluding carboxylic acids is 2. The summed E-state index contributed by atoms with van der Waals surface area (Å²) in [6, 6.07) is 8.78. The summed E-state index contributed by atoms with van der Waals surface area (Å²) in [5.74, 6) is -1.85. The highest BCUT2D eigenvalue weighted by atomic mass is 32.2. The molecule has 19 atom stereocenters. The van der Waals surface area contributed by atoms with E-state index in [4.69, 9.17) is 55.7 Å². The first-order chi connectivity index (χ1) is 36.9. The van der Waals surface area contributed by atoms with E-state index in [1.54, 1.807) is 31.4 Å². The molecule has 1 aromatic rings. The van der Waals surface area contributed by atoms with Crippen LogP contribution in [0, 0.1) is 11.8 Å². The summed E-state index contributed by atoms with van der Waals surface area (Å²) in [6.07, 6.45) is -0.958. The molecule has 1 aromatic carbocycles. The van der Waals surface area contributed by atoms with E-state index in [0.29, 0.717) is 75.5 Å². The summed E-state index contributed by atoms with van der Waals surface area (Å²) < 4.78 is 108. The van der Waals surface area contributed by atoms with Gasteiger partial charge in [0.1, 0.15) is 42.4 Å². The number of carbonyl (C=O) groups is 2. The zero-order chi connectivity index (χ0) is 57.2. The minimum absolute atomic E-state index is 0.00416. The topological polar surface area (TPSA) is 179 Å². The molecular formula is C60H94O16SSi2.